The molecule has 0 unspecified atom stereocenters. The summed E-state index contributed by atoms with van der Waals surface area (Å²) in [5, 5.41) is 13.7. The number of aromatic nitrogens is 4. The third-order valence-corrected chi connectivity index (χ3v) is 4.60. The first-order valence-corrected chi connectivity index (χ1v) is 8.44. The molecule has 1 aliphatic rings. The molecule has 138 valence electrons. The van der Waals surface area contributed by atoms with Crippen LogP contribution in [0.25, 0.3) is 0 Å². The SMILES string of the molecule is Cc1ncccc1OC1(C(=O)O)CCN(C(=O)CCn2cncn2)CC1. The van der Waals surface area contributed by atoms with Gasteiger partial charge in [-0.3, -0.25) is 14.5 Å². The Bertz CT molecular complexity index is 769. The number of carboxylic acids is 1. The van der Waals surface area contributed by atoms with E-state index in [2.05, 4.69) is 15.1 Å². The molecule has 0 spiro atoms. The van der Waals surface area contributed by atoms with Crippen molar-refractivity contribution >= 4 is 11.9 Å². The van der Waals surface area contributed by atoms with Crippen molar-refractivity contribution in [3.05, 3.63) is 36.7 Å². The number of ether oxygens (including phenoxy) is 1. The van der Waals surface area contributed by atoms with Crippen LogP contribution in [0.4, 0.5) is 0 Å². The molecule has 0 radical (unpaired) electrons. The molecular formula is C17H21N5O4. The number of aliphatic carboxylic acids is 1. The number of carbonyl (C=O) groups excluding carboxylic acids is 1. The number of hydrogen-bond donors (Lipinski definition) is 1. The minimum Gasteiger partial charge on any atom is -0.478 e. The van der Waals surface area contributed by atoms with E-state index in [1.807, 2.05) is 0 Å². The van der Waals surface area contributed by atoms with Crippen LogP contribution in [0.5, 0.6) is 5.75 Å². The van der Waals surface area contributed by atoms with Gasteiger partial charge in [0.1, 0.15) is 18.4 Å². The first-order chi connectivity index (χ1) is 12.5. The Kier molecular flexibility index (Phi) is 5.15. The number of rotatable bonds is 6. The highest BCUT2D eigenvalue weighted by molar-refractivity contribution is 5.80. The van der Waals surface area contributed by atoms with Crippen molar-refractivity contribution in [2.45, 2.75) is 38.3 Å². The number of aryl methyl sites for hydroxylation is 2. The number of hydrogen-bond acceptors (Lipinski definition) is 6. The van der Waals surface area contributed by atoms with E-state index >= 15 is 0 Å². The minimum atomic E-state index is -1.34. The van der Waals surface area contributed by atoms with Gasteiger partial charge in [-0.05, 0) is 19.1 Å². The summed E-state index contributed by atoms with van der Waals surface area (Å²) in [5.41, 5.74) is -0.698. The zero-order chi connectivity index (χ0) is 18.6. The molecule has 3 heterocycles. The molecule has 0 atom stereocenters. The molecule has 0 aliphatic carbocycles. The number of piperidine rings is 1. The highest BCUT2D eigenvalue weighted by atomic mass is 16.5. The summed E-state index contributed by atoms with van der Waals surface area (Å²) in [4.78, 5) is 33.9. The van der Waals surface area contributed by atoms with Crippen LogP contribution in [-0.2, 0) is 16.1 Å². The average Bonchev–Trinajstić information content (AvgIpc) is 3.16. The van der Waals surface area contributed by atoms with E-state index in [-0.39, 0.29) is 18.7 Å². The lowest BCUT2D eigenvalue weighted by molar-refractivity contribution is -0.162. The van der Waals surface area contributed by atoms with Crippen molar-refractivity contribution in [2.24, 2.45) is 0 Å². The summed E-state index contributed by atoms with van der Waals surface area (Å²) in [6, 6.07) is 3.42. The van der Waals surface area contributed by atoms with Gasteiger partial charge in [-0.15, -0.1) is 0 Å². The van der Waals surface area contributed by atoms with Crippen molar-refractivity contribution in [2.75, 3.05) is 13.1 Å². The van der Waals surface area contributed by atoms with E-state index in [0.29, 0.717) is 37.5 Å². The summed E-state index contributed by atoms with van der Waals surface area (Å²) in [5.74, 6) is -0.589. The van der Waals surface area contributed by atoms with E-state index in [9.17, 15) is 14.7 Å². The zero-order valence-corrected chi connectivity index (χ0v) is 14.5. The molecule has 0 saturated carbocycles. The molecule has 1 aliphatic heterocycles. The van der Waals surface area contributed by atoms with Gasteiger partial charge in [-0.2, -0.15) is 5.10 Å². The molecule has 2 aromatic rings. The molecule has 26 heavy (non-hydrogen) atoms. The van der Waals surface area contributed by atoms with Gasteiger partial charge in [0.2, 0.25) is 11.5 Å². The Labute approximate surface area is 150 Å². The van der Waals surface area contributed by atoms with Gasteiger partial charge in [0.25, 0.3) is 0 Å². The molecule has 3 rings (SSSR count). The van der Waals surface area contributed by atoms with Crippen molar-refractivity contribution < 1.29 is 19.4 Å². The van der Waals surface area contributed by atoms with Gasteiger partial charge in [0, 0.05) is 38.5 Å². The van der Waals surface area contributed by atoms with E-state index in [1.165, 1.54) is 6.33 Å². The smallest absolute Gasteiger partial charge is 0.348 e. The largest absolute Gasteiger partial charge is 0.478 e. The van der Waals surface area contributed by atoms with Crippen LogP contribution >= 0.6 is 0 Å². The molecule has 2 aromatic heterocycles. The predicted octanol–water partition coefficient (Wildman–Crippen LogP) is 0.896. The van der Waals surface area contributed by atoms with Crippen LogP contribution in [0.15, 0.2) is 31.0 Å². The summed E-state index contributed by atoms with van der Waals surface area (Å²) in [6.45, 7) is 2.89. The molecule has 9 heteroatoms. The predicted molar refractivity (Wildman–Crippen MR) is 90.4 cm³/mol. The second-order valence-electron chi connectivity index (χ2n) is 6.28. The van der Waals surface area contributed by atoms with E-state index in [0.717, 1.165) is 0 Å². The zero-order valence-electron chi connectivity index (χ0n) is 14.5. The Morgan fingerprint density at radius 1 is 1.35 bits per heavy atom. The van der Waals surface area contributed by atoms with Gasteiger partial charge in [-0.25, -0.2) is 9.78 Å². The number of nitrogens with zero attached hydrogens (tertiary/aromatic N) is 5. The maximum absolute atomic E-state index is 12.4. The highest BCUT2D eigenvalue weighted by Crippen LogP contribution is 2.30. The van der Waals surface area contributed by atoms with Crippen LogP contribution in [0.1, 0.15) is 25.0 Å². The van der Waals surface area contributed by atoms with Crippen LogP contribution in [0.2, 0.25) is 0 Å². The third kappa shape index (κ3) is 3.81. The molecule has 1 fully saturated rings. The van der Waals surface area contributed by atoms with Gasteiger partial charge in [0.05, 0.1) is 12.2 Å². The second kappa shape index (κ2) is 7.51. The molecule has 1 saturated heterocycles. The lowest BCUT2D eigenvalue weighted by Gasteiger charge is -2.39. The standard InChI is InChI=1S/C17H21N5O4/c1-13-14(3-2-7-19-13)26-17(16(24)25)5-9-21(10-6-17)15(23)4-8-22-12-18-11-20-22/h2-3,7,11-12H,4-6,8-10H2,1H3,(H,24,25). The first-order valence-electron chi connectivity index (χ1n) is 8.44. The van der Waals surface area contributed by atoms with Crippen LogP contribution in [0.3, 0.4) is 0 Å². The number of carboxylic acid groups (broad SMARTS) is 1. The second-order valence-corrected chi connectivity index (χ2v) is 6.28. The summed E-state index contributed by atoms with van der Waals surface area (Å²) in [7, 11) is 0. The average molecular weight is 359 g/mol. The number of likely N-dealkylation sites (tertiary alicyclic amines) is 1. The monoisotopic (exact) mass is 359 g/mol. The maximum Gasteiger partial charge on any atom is 0.348 e. The molecule has 0 bridgehead atoms. The molecular weight excluding hydrogens is 338 g/mol. The van der Waals surface area contributed by atoms with Gasteiger partial charge < -0.3 is 14.7 Å². The van der Waals surface area contributed by atoms with Crippen molar-refractivity contribution in [3.63, 3.8) is 0 Å². The molecule has 9 nitrogen and oxygen atoms in total. The van der Waals surface area contributed by atoms with Crippen LogP contribution in [0, 0.1) is 6.92 Å². The highest BCUT2D eigenvalue weighted by Gasteiger charge is 2.45. The lowest BCUT2D eigenvalue weighted by atomic mass is 9.90. The topological polar surface area (TPSA) is 110 Å². The Morgan fingerprint density at radius 2 is 2.12 bits per heavy atom. The number of carbonyl (C=O) groups is 2. The van der Waals surface area contributed by atoms with E-state index < -0.39 is 11.6 Å². The van der Waals surface area contributed by atoms with Crippen molar-refractivity contribution in [1.29, 1.82) is 0 Å². The molecule has 0 aromatic carbocycles. The van der Waals surface area contributed by atoms with Gasteiger partial charge in [-0.1, -0.05) is 0 Å². The van der Waals surface area contributed by atoms with Gasteiger partial charge >= 0.3 is 5.97 Å². The van der Waals surface area contributed by atoms with Crippen LogP contribution in [-0.4, -0.2) is 60.3 Å². The van der Waals surface area contributed by atoms with Crippen molar-refractivity contribution in [3.8, 4) is 5.75 Å². The van der Waals surface area contributed by atoms with Gasteiger partial charge in [0.15, 0.2) is 0 Å². The quantitative estimate of drug-likeness (QED) is 0.815. The Morgan fingerprint density at radius 3 is 2.73 bits per heavy atom. The Balaban J connectivity index is 1.61. The van der Waals surface area contributed by atoms with E-state index in [1.54, 1.807) is 41.2 Å². The fraction of sp³-hybridized carbons (Fsp3) is 0.471. The fourth-order valence-corrected chi connectivity index (χ4v) is 2.98. The number of amides is 1. The molecule has 1 N–H and O–H groups in total. The number of pyridine rings is 1. The van der Waals surface area contributed by atoms with Crippen LogP contribution < -0.4 is 4.74 Å². The third-order valence-electron chi connectivity index (χ3n) is 4.60. The maximum atomic E-state index is 12.4. The molecule has 1 amide bonds. The van der Waals surface area contributed by atoms with E-state index in [4.69, 9.17) is 4.74 Å². The first kappa shape index (κ1) is 17.8. The summed E-state index contributed by atoms with van der Waals surface area (Å²) in [6.07, 6.45) is 5.36. The van der Waals surface area contributed by atoms with Crippen molar-refractivity contribution in [1.82, 2.24) is 24.6 Å². The minimum absolute atomic E-state index is 0.0305. The lowest BCUT2D eigenvalue weighted by Crippen LogP contribution is -2.54. The summed E-state index contributed by atoms with van der Waals surface area (Å²) < 4.78 is 7.45. The fourth-order valence-electron chi connectivity index (χ4n) is 2.98. The Hall–Kier alpha value is -2.97. The summed E-state index contributed by atoms with van der Waals surface area (Å²) >= 11 is 0. The normalized spacial score (nSPS) is 16.3.